The van der Waals surface area contributed by atoms with Crippen molar-refractivity contribution in [1.29, 1.82) is 0 Å². The van der Waals surface area contributed by atoms with E-state index in [2.05, 4.69) is 32.5 Å². The van der Waals surface area contributed by atoms with E-state index in [9.17, 15) is 0 Å². The summed E-state index contributed by atoms with van der Waals surface area (Å²) >= 11 is 1.73. The zero-order chi connectivity index (χ0) is 21.7. The molecule has 9 heteroatoms. The van der Waals surface area contributed by atoms with Crippen molar-refractivity contribution in [2.24, 2.45) is 4.99 Å². The maximum absolute atomic E-state index is 5.64. The Labute approximate surface area is 210 Å². The number of hydrogen-bond acceptors (Lipinski definition) is 6. The Morgan fingerprint density at radius 3 is 2.47 bits per heavy atom. The predicted molar refractivity (Wildman–Crippen MR) is 140 cm³/mol. The molecule has 0 radical (unpaired) electrons. The number of rotatable bonds is 11. The molecule has 1 aromatic carbocycles. The lowest BCUT2D eigenvalue weighted by molar-refractivity contribution is 0.212. The van der Waals surface area contributed by atoms with Crippen molar-refractivity contribution in [3.63, 3.8) is 0 Å². The lowest BCUT2D eigenvalue weighted by atomic mass is 10.3. The molecule has 0 aliphatic heterocycles. The average Bonchev–Trinajstić information content (AvgIpc) is 3.28. The second kappa shape index (κ2) is 14.6. The van der Waals surface area contributed by atoms with Crippen molar-refractivity contribution < 1.29 is 9.47 Å². The fraction of sp³-hybridized carbons (Fsp3) is 0.348. The van der Waals surface area contributed by atoms with Crippen molar-refractivity contribution in [2.45, 2.75) is 33.4 Å². The van der Waals surface area contributed by atoms with Crippen LogP contribution in [0.4, 0.5) is 0 Å². The summed E-state index contributed by atoms with van der Waals surface area (Å²) in [6.45, 7) is 7.06. The summed E-state index contributed by atoms with van der Waals surface area (Å²) in [5.74, 6) is 2.16. The van der Waals surface area contributed by atoms with E-state index in [1.807, 2.05) is 55.6 Å². The Kier molecular flexibility index (Phi) is 11.8. The first-order chi connectivity index (χ1) is 15.3. The van der Waals surface area contributed by atoms with Gasteiger partial charge in [0.05, 0.1) is 13.1 Å². The highest BCUT2D eigenvalue weighted by Crippen LogP contribution is 2.13. The van der Waals surface area contributed by atoms with Gasteiger partial charge in [0.2, 0.25) is 5.88 Å². The summed E-state index contributed by atoms with van der Waals surface area (Å²) in [6.07, 6.45) is 4.74. The molecule has 3 aromatic rings. The number of hydrogen-bond donors (Lipinski definition) is 2. The van der Waals surface area contributed by atoms with Crippen LogP contribution in [0.3, 0.4) is 0 Å². The number of aryl methyl sites for hydroxylation is 1. The van der Waals surface area contributed by atoms with Crippen LogP contribution >= 0.6 is 35.3 Å². The molecule has 0 saturated carbocycles. The monoisotopic (exact) mass is 567 g/mol. The van der Waals surface area contributed by atoms with E-state index in [-0.39, 0.29) is 24.0 Å². The fourth-order valence-electron chi connectivity index (χ4n) is 2.68. The number of para-hydroxylation sites is 1. The molecule has 0 saturated heterocycles. The van der Waals surface area contributed by atoms with E-state index >= 15 is 0 Å². The lowest BCUT2D eigenvalue weighted by Gasteiger charge is -2.10. The summed E-state index contributed by atoms with van der Waals surface area (Å²) in [5.41, 5.74) is 1.01. The molecule has 172 valence electrons. The maximum atomic E-state index is 5.64. The molecule has 0 atom stereocenters. The molecule has 0 aliphatic rings. The Balaban J connectivity index is 0.00000363. The molecular weight excluding hydrogens is 537 g/mol. The molecule has 0 aliphatic carbocycles. The summed E-state index contributed by atoms with van der Waals surface area (Å²) in [7, 11) is 0. The number of nitrogens with zero attached hydrogens (tertiary/aromatic N) is 3. The van der Waals surface area contributed by atoms with Crippen molar-refractivity contribution in [3.05, 3.63) is 70.3 Å². The quantitative estimate of drug-likeness (QED) is 0.155. The molecule has 3 rings (SSSR count). The molecule has 2 N–H and O–H groups in total. The van der Waals surface area contributed by atoms with Crippen molar-refractivity contribution in [2.75, 3.05) is 19.8 Å². The molecular formula is C23H30IN5O2S. The molecule has 0 bridgehead atoms. The number of aliphatic imine (C=N–C) groups is 1. The topological polar surface area (TPSA) is 80.7 Å². The molecule has 0 amide bonds. The molecule has 32 heavy (non-hydrogen) atoms. The zero-order valence-corrected chi connectivity index (χ0v) is 21.6. The number of aromatic nitrogens is 2. The standard InChI is InChI=1S/C23H29N5O2S.HI/c1-3-20-16-26-22(31-20)17-28-23(24-4-2)27-15-18-10-11-21(25-14-18)30-13-12-29-19-8-6-5-7-9-19;/h5-11,14,16H,3-4,12-13,15,17H2,1-2H3,(H2,24,27,28);1H. The summed E-state index contributed by atoms with van der Waals surface area (Å²) in [5, 5.41) is 7.65. The van der Waals surface area contributed by atoms with Crippen LogP contribution in [-0.2, 0) is 19.5 Å². The molecule has 7 nitrogen and oxygen atoms in total. The van der Waals surface area contributed by atoms with Crippen LogP contribution in [0.1, 0.15) is 29.3 Å². The fourth-order valence-corrected chi connectivity index (χ4v) is 3.48. The smallest absolute Gasteiger partial charge is 0.213 e. The first kappa shape index (κ1) is 25.9. The number of benzene rings is 1. The Morgan fingerprint density at radius 2 is 1.78 bits per heavy atom. The Morgan fingerprint density at radius 1 is 0.969 bits per heavy atom. The SMILES string of the molecule is CCNC(=NCc1ccc(OCCOc2ccccc2)nc1)NCc1ncc(CC)s1.I. The van der Waals surface area contributed by atoms with Gasteiger partial charge in [-0.25, -0.2) is 15.0 Å². The maximum Gasteiger partial charge on any atom is 0.213 e. The van der Waals surface area contributed by atoms with Crippen LogP contribution in [-0.4, -0.2) is 35.7 Å². The summed E-state index contributed by atoms with van der Waals surface area (Å²) in [6, 6.07) is 13.5. The first-order valence-electron chi connectivity index (χ1n) is 10.5. The van der Waals surface area contributed by atoms with Crippen molar-refractivity contribution in [3.8, 4) is 11.6 Å². The van der Waals surface area contributed by atoms with Crippen LogP contribution in [0.2, 0.25) is 0 Å². The van der Waals surface area contributed by atoms with Crippen LogP contribution in [0.25, 0.3) is 0 Å². The van der Waals surface area contributed by atoms with Gasteiger partial charge >= 0.3 is 0 Å². The predicted octanol–water partition coefficient (Wildman–Crippen LogP) is 4.43. The third-order valence-corrected chi connectivity index (χ3v) is 5.41. The molecule has 2 aromatic heterocycles. The van der Waals surface area contributed by atoms with Gasteiger partial charge in [-0.1, -0.05) is 31.2 Å². The molecule has 2 heterocycles. The van der Waals surface area contributed by atoms with E-state index in [4.69, 9.17) is 9.47 Å². The van der Waals surface area contributed by atoms with Gasteiger partial charge in [-0.15, -0.1) is 35.3 Å². The van der Waals surface area contributed by atoms with Gasteiger partial charge in [0.1, 0.15) is 24.0 Å². The number of guanidine groups is 1. The highest BCUT2D eigenvalue weighted by molar-refractivity contribution is 14.0. The minimum atomic E-state index is 0. The summed E-state index contributed by atoms with van der Waals surface area (Å²) in [4.78, 5) is 14.7. The number of halogens is 1. The second-order valence-corrected chi connectivity index (χ2v) is 7.84. The molecule has 0 unspecified atom stereocenters. The van der Waals surface area contributed by atoms with Crippen LogP contribution in [0.15, 0.2) is 59.9 Å². The van der Waals surface area contributed by atoms with E-state index < -0.39 is 0 Å². The third kappa shape index (κ3) is 8.99. The number of nitrogens with one attached hydrogen (secondary N) is 2. The molecule has 0 fully saturated rings. The van der Waals surface area contributed by atoms with E-state index in [0.717, 1.165) is 35.2 Å². The third-order valence-electron chi connectivity index (χ3n) is 4.26. The van der Waals surface area contributed by atoms with E-state index in [1.54, 1.807) is 17.5 Å². The Hall–Kier alpha value is -2.40. The largest absolute Gasteiger partial charge is 0.490 e. The average molecular weight is 567 g/mol. The van der Waals surface area contributed by atoms with Gasteiger partial charge in [-0.05, 0) is 31.0 Å². The first-order valence-corrected chi connectivity index (χ1v) is 11.3. The number of thiazole rings is 1. The van der Waals surface area contributed by atoms with Gasteiger partial charge in [-0.2, -0.15) is 0 Å². The zero-order valence-electron chi connectivity index (χ0n) is 18.4. The van der Waals surface area contributed by atoms with Crippen molar-refractivity contribution >= 4 is 41.3 Å². The summed E-state index contributed by atoms with van der Waals surface area (Å²) < 4.78 is 11.3. The van der Waals surface area contributed by atoms with Crippen LogP contribution in [0, 0.1) is 0 Å². The van der Waals surface area contributed by atoms with Gasteiger partial charge < -0.3 is 20.1 Å². The highest BCUT2D eigenvalue weighted by atomic mass is 127. The number of pyridine rings is 1. The van der Waals surface area contributed by atoms with Crippen molar-refractivity contribution in [1.82, 2.24) is 20.6 Å². The minimum Gasteiger partial charge on any atom is -0.490 e. The van der Waals surface area contributed by atoms with Crippen LogP contribution < -0.4 is 20.1 Å². The van der Waals surface area contributed by atoms with Gasteiger partial charge in [0.25, 0.3) is 0 Å². The highest BCUT2D eigenvalue weighted by Gasteiger charge is 2.03. The minimum absolute atomic E-state index is 0. The normalized spacial score (nSPS) is 10.9. The van der Waals surface area contributed by atoms with E-state index in [0.29, 0.717) is 32.2 Å². The van der Waals surface area contributed by atoms with E-state index in [1.165, 1.54) is 4.88 Å². The van der Waals surface area contributed by atoms with Crippen LogP contribution in [0.5, 0.6) is 11.6 Å². The lowest BCUT2D eigenvalue weighted by Crippen LogP contribution is -2.36. The second-order valence-electron chi connectivity index (χ2n) is 6.64. The Bertz CT molecular complexity index is 935. The molecule has 0 spiro atoms. The van der Waals surface area contributed by atoms with Gasteiger partial charge in [-0.3, -0.25) is 0 Å². The number of ether oxygens (including phenoxy) is 2. The van der Waals surface area contributed by atoms with Gasteiger partial charge in [0, 0.05) is 29.9 Å². The van der Waals surface area contributed by atoms with Gasteiger partial charge in [0.15, 0.2) is 5.96 Å².